The second kappa shape index (κ2) is 8.61. The van der Waals surface area contributed by atoms with Gasteiger partial charge in [0.25, 0.3) is 0 Å². The molecule has 1 aromatic rings. The Labute approximate surface area is 127 Å². The van der Waals surface area contributed by atoms with Gasteiger partial charge in [0.05, 0.1) is 12.7 Å². The van der Waals surface area contributed by atoms with Crippen molar-refractivity contribution < 1.29 is 4.74 Å². The molecule has 0 saturated carbocycles. The van der Waals surface area contributed by atoms with E-state index >= 15 is 0 Å². The minimum absolute atomic E-state index is 0.232. The zero-order valence-corrected chi connectivity index (χ0v) is 14.1. The second-order valence-electron chi connectivity index (χ2n) is 5.02. The normalized spacial score (nSPS) is 10.8. The van der Waals surface area contributed by atoms with Gasteiger partial charge in [-0.1, -0.05) is 0 Å². The van der Waals surface area contributed by atoms with Crippen LogP contribution in [-0.4, -0.2) is 61.4 Å². The lowest BCUT2D eigenvalue weighted by Crippen LogP contribution is -2.29. The topological polar surface area (TPSA) is 66.4 Å². The molecule has 0 aromatic carbocycles. The molecule has 1 rings (SSSR count). The van der Waals surface area contributed by atoms with Gasteiger partial charge in [-0.3, -0.25) is 0 Å². The number of aromatic nitrogens is 3. The summed E-state index contributed by atoms with van der Waals surface area (Å²) in [6.07, 6.45) is 0.232. The van der Waals surface area contributed by atoms with Crippen LogP contribution in [0.4, 0.5) is 17.8 Å². The summed E-state index contributed by atoms with van der Waals surface area (Å²) in [5.41, 5.74) is 0. The van der Waals surface area contributed by atoms with Crippen LogP contribution in [0.3, 0.4) is 0 Å². The molecule has 0 aliphatic heterocycles. The predicted molar refractivity (Wildman–Crippen MR) is 87.3 cm³/mol. The highest BCUT2D eigenvalue weighted by atomic mass is 16.5. The number of hydrogen-bond donors (Lipinski definition) is 1. The maximum Gasteiger partial charge on any atom is 0.231 e. The van der Waals surface area contributed by atoms with Crippen LogP contribution < -0.4 is 15.1 Å². The van der Waals surface area contributed by atoms with E-state index in [4.69, 9.17) is 4.74 Å². The molecule has 7 nitrogen and oxygen atoms in total. The molecule has 120 valence electrons. The van der Waals surface area contributed by atoms with Crippen molar-refractivity contribution in [2.24, 2.45) is 0 Å². The largest absolute Gasteiger partial charge is 0.377 e. The number of anilines is 3. The Hall–Kier alpha value is -1.63. The van der Waals surface area contributed by atoms with Gasteiger partial charge in [-0.25, -0.2) is 0 Å². The number of likely N-dealkylation sites (N-methyl/N-ethyl adjacent to an activating group) is 1. The number of nitrogens with zero attached hydrogens (tertiary/aromatic N) is 5. The van der Waals surface area contributed by atoms with E-state index < -0.39 is 0 Å². The predicted octanol–water partition coefficient (Wildman–Crippen LogP) is 1.62. The first-order valence-corrected chi connectivity index (χ1v) is 7.53. The van der Waals surface area contributed by atoms with Crippen molar-refractivity contribution in [3.05, 3.63) is 0 Å². The van der Waals surface area contributed by atoms with E-state index in [0.717, 1.165) is 19.6 Å². The van der Waals surface area contributed by atoms with Crippen molar-refractivity contribution in [2.45, 2.75) is 33.8 Å². The summed E-state index contributed by atoms with van der Waals surface area (Å²) in [7, 11) is 3.78. The molecule has 0 atom stereocenters. The van der Waals surface area contributed by atoms with E-state index in [1.165, 1.54) is 0 Å². The smallest absolute Gasteiger partial charge is 0.231 e. The highest BCUT2D eigenvalue weighted by Crippen LogP contribution is 2.15. The molecule has 0 aliphatic carbocycles. The van der Waals surface area contributed by atoms with E-state index in [1.807, 2.05) is 32.8 Å². The van der Waals surface area contributed by atoms with E-state index in [-0.39, 0.29) is 6.10 Å². The van der Waals surface area contributed by atoms with Gasteiger partial charge in [0.2, 0.25) is 17.8 Å². The number of nitrogens with one attached hydrogen (secondary N) is 1. The molecule has 0 radical (unpaired) electrons. The second-order valence-corrected chi connectivity index (χ2v) is 5.02. The first kappa shape index (κ1) is 17.4. The van der Waals surface area contributed by atoms with Crippen LogP contribution in [-0.2, 0) is 4.74 Å². The molecule has 0 unspecified atom stereocenters. The Kier molecular flexibility index (Phi) is 7.14. The number of ether oxygens (including phenoxy) is 1. The van der Waals surface area contributed by atoms with Crippen LogP contribution in [0.5, 0.6) is 0 Å². The van der Waals surface area contributed by atoms with Crippen LogP contribution in [0, 0.1) is 0 Å². The molecule has 7 heteroatoms. The highest BCUT2D eigenvalue weighted by Gasteiger charge is 2.13. The van der Waals surface area contributed by atoms with Gasteiger partial charge in [-0.05, 0) is 27.7 Å². The molecular formula is C14H28N6O. The lowest BCUT2D eigenvalue weighted by Gasteiger charge is -2.22. The van der Waals surface area contributed by atoms with Gasteiger partial charge in [-0.2, -0.15) is 15.0 Å². The first-order valence-electron chi connectivity index (χ1n) is 7.53. The summed E-state index contributed by atoms with van der Waals surface area (Å²) >= 11 is 0. The van der Waals surface area contributed by atoms with Gasteiger partial charge < -0.3 is 19.9 Å². The third-order valence-corrected chi connectivity index (χ3v) is 3.10. The van der Waals surface area contributed by atoms with Gasteiger partial charge >= 0.3 is 0 Å². The lowest BCUT2D eigenvalue weighted by molar-refractivity contribution is 0.0844. The molecule has 0 aliphatic rings. The van der Waals surface area contributed by atoms with Gasteiger partial charge in [0, 0.05) is 33.7 Å². The molecule has 0 bridgehead atoms. The number of rotatable bonds is 9. The molecular weight excluding hydrogens is 268 g/mol. The molecule has 1 aromatic heterocycles. The summed E-state index contributed by atoms with van der Waals surface area (Å²) in [5.74, 6) is 1.94. The van der Waals surface area contributed by atoms with Crippen LogP contribution in [0.25, 0.3) is 0 Å². The van der Waals surface area contributed by atoms with Gasteiger partial charge in [0.1, 0.15) is 0 Å². The lowest BCUT2D eigenvalue weighted by atomic mass is 10.5. The molecule has 1 heterocycles. The molecule has 0 saturated heterocycles. The van der Waals surface area contributed by atoms with E-state index in [0.29, 0.717) is 24.5 Å². The third kappa shape index (κ3) is 5.34. The van der Waals surface area contributed by atoms with Crippen molar-refractivity contribution >= 4 is 17.8 Å². The van der Waals surface area contributed by atoms with Crippen molar-refractivity contribution in [1.82, 2.24) is 15.0 Å². The monoisotopic (exact) mass is 296 g/mol. The van der Waals surface area contributed by atoms with Gasteiger partial charge in [-0.15, -0.1) is 0 Å². The van der Waals surface area contributed by atoms with Crippen molar-refractivity contribution in [3.8, 4) is 0 Å². The quantitative estimate of drug-likeness (QED) is 0.742. The zero-order valence-electron chi connectivity index (χ0n) is 14.1. The summed E-state index contributed by atoms with van der Waals surface area (Å²) in [6.45, 7) is 11.4. The fourth-order valence-corrected chi connectivity index (χ4v) is 1.81. The maximum atomic E-state index is 5.57. The Morgan fingerprint density at radius 3 is 2.24 bits per heavy atom. The SMILES string of the molecule is CCN(CC)c1nc(NC)nc(N(C)CCOC(C)C)n1. The third-order valence-electron chi connectivity index (χ3n) is 3.10. The first-order chi connectivity index (χ1) is 10.0. The Bertz CT molecular complexity index is 422. The summed E-state index contributed by atoms with van der Waals surface area (Å²) in [4.78, 5) is 17.5. The standard InChI is InChI=1S/C14H28N6O/c1-7-20(8-2)14-17-12(15-5)16-13(18-14)19(6)9-10-21-11(3)4/h11H,7-10H2,1-6H3,(H,15,16,17,18). The maximum absolute atomic E-state index is 5.57. The molecule has 0 spiro atoms. The fraction of sp³-hybridized carbons (Fsp3) is 0.786. The minimum Gasteiger partial charge on any atom is -0.377 e. The van der Waals surface area contributed by atoms with E-state index in [9.17, 15) is 0 Å². The molecule has 0 amide bonds. The summed E-state index contributed by atoms with van der Waals surface area (Å²) in [5, 5.41) is 2.99. The number of hydrogen-bond acceptors (Lipinski definition) is 7. The summed E-state index contributed by atoms with van der Waals surface area (Å²) in [6, 6.07) is 0. The Morgan fingerprint density at radius 2 is 1.71 bits per heavy atom. The zero-order chi connectivity index (χ0) is 15.8. The summed E-state index contributed by atoms with van der Waals surface area (Å²) < 4.78 is 5.57. The van der Waals surface area contributed by atoms with Crippen molar-refractivity contribution in [3.63, 3.8) is 0 Å². The molecule has 0 fully saturated rings. The van der Waals surface area contributed by atoms with Crippen LogP contribution in [0.1, 0.15) is 27.7 Å². The Morgan fingerprint density at radius 1 is 1.10 bits per heavy atom. The van der Waals surface area contributed by atoms with E-state index in [1.54, 1.807) is 0 Å². The molecule has 1 N–H and O–H groups in total. The van der Waals surface area contributed by atoms with Gasteiger partial charge in [0.15, 0.2) is 0 Å². The minimum atomic E-state index is 0.232. The fourth-order valence-electron chi connectivity index (χ4n) is 1.81. The van der Waals surface area contributed by atoms with E-state index in [2.05, 4.69) is 39.0 Å². The van der Waals surface area contributed by atoms with Crippen molar-refractivity contribution in [2.75, 3.05) is 55.5 Å². The average Bonchev–Trinajstić information content (AvgIpc) is 2.47. The van der Waals surface area contributed by atoms with Crippen molar-refractivity contribution in [1.29, 1.82) is 0 Å². The Balaban J connectivity index is 2.87. The average molecular weight is 296 g/mol. The van der Waals surface area contributed by atoms with Crippen LogP contribution in [0.15, 0.2) is 0 Å². The van der Waals surface area contributed by atoms with Crippen LogP contribution in [0.2, 0.25) is 0 Å². The highest BCUT2D eigenvalue weighted by molar-refractivity contribution is 5.44. The van der Waals surface area contributed by atoms with Crippen LogP contribution >= 0.6 is 0 Å². The molecule has 21 heavy (non-hydrogen) atoms.